The van der Waals surface area contributed by atoms with Crippen molar-refractivity contribution in [2.45, 2.75) is 32.2 Å². The molecular formula is C16H21NS. The summed E-state index contributed by atoms with van der Waals surface area (Å²) in [7, 11) is 0. The summed E-state index contributed by atoms with van der Waals surface area (Å²) in [4.78, 5) is 1.46. The predicted octanol–water partition coefficient (Wildman–Crippen LogP) is 4.42. The van der Waals surface area contributed by atoms with Crippen molar-refractivity contribution in [1.82, 2.24) is 5.32 Å². The Kier molecular flexibility index (Phi) is 5.43. The molecule has 0 saturated carbocycles. The molecule has 1 atom stereocenters. The predicted molar refractivity (Wildman–Crippen MR) is 80.1 cm³/mol. The fraction of sp³-hybridized carbons (Fsp3) is 0.375. The largest absolute Gasteiger partial charge is 0.310 e. The fourth-order valence-electron chi connectivity index (χ4n) is 2.19. The first-order valence-corrected chi connectivity index (χ1v) is 7.59. The average molecular weight is 259 g/mol. The number of benzene rings is 1. The van der Waals surface area contributed by atoms with E-state index in [1.807, 2.05) is 11.3 Å². The number of thiophene rings is 1. The minimum Gasteiger partial charge on any atom is -0.310 e. The third kappa shape index (κ3) is 3.97. The van der Waals surface area contributed by atoms with E-state index in [4.69, 9.17) is 0 Å². The van der Waals surface area contributed by atoms with Crippen LogP contribution in [-0.4, -0.2) is 6.54 Å². The highest BCUT2D eigenvalue weighted by Crippen LogP contribution is 2.18. The lowest BCUT2D eigenvalue weighted by molar-refractivity contribution is 0.498. The maximum atomic E-state index is 3.68. The van der Waals surface area contributed by atoms with Gasteiger partial charge in [0.2, 0.25) is 0 Å². The van der Waals surface area contributed by atoms with Crippen molar-refractivity contribution in [2.75, 3.05) is 6.54 Å². The van der Waals surface area contributed by atoms with Crippen LogP contribution in [-0.2, 0) is 6.42 Å². The van der Waals surface area contributed by atoms with Crippen molar-refractivity contribution in [3.63, 3.8) is 0 Å². The van der Waals surface area contributed by atoms with Crippen LogP contribution in [0.4, 0.5) is 0 Å². The molecule has 0 bridgehead atoms. The maximum Gasteiger partial charge on any atom is 0.0320 e. The summed E-state index contributed by atoms with van der Waals surface area (Å²) in [5.41, 5.74) is 1.41. The van der Waals surface area contributed by atoms with Crippen molar-refractivity contribution in [3.8, 4) is 0 Å². The second kappa shape index (κ2) is 7.34. The van der Waals surface area contributed by atoms with Gasteiger partial charge in [0.25, 0.3) is 0 Å². The number of hydrogen-bond donors (Lipinski definition) is 1. The summed E-state index contributed by atoms with van der Waals surface area (Å²) in [5.74, 6) is 0. The lowest BCUT2D eigenvalue weighted by Gasteiger charge is -2.18. The summed E-state index contributed by atoms with van der Waals surface area (Å²) < 4.78 is 0. The van der Waals surface area contributed by atoms with Gasteiger partial charge in [-0.1, -0.05) is 49.7 Å². The number of nitrogens with one attached hydrogen (secondary N) is 1. The second-order valence-corrected chi connectivity index (χ2v) is 5.57. The van der Waals surface area contributed by atoms with Crippen molar-refractivity contribution in [1.29, 1.82) is 0 Å². The molecule has 0 radical (unpaired) electrons. The number of hydrogen-bond acceptors (Lipinski definition) is 2. The summed E-state index contributed by atoms with van der Waals surface area (Å²) in [6.45, 7) is 3.30. The van der Waals surface area contributed by atoms with E-state index >= 15 is 0 Å². The van der Waals surface area contributed by atoms with Gasteiger partial charge in [-0.2, -0.15) is 0 Å². The Morgan fingerprint density at radius 3 is 2.61 bits per heavy atom. The Balaban J connectivity index is 1.87. The standard InChI is InChI=1S/C16H21NS/c1-2-7-16(14-8-4-3-5-9-14)17-12-11-15-10-6-13-18-15/h3-6,8-10,13,16-17H,2,7,11-12H2,1H3. The van der Waals surface area contributed by atoms with Crippen LogP contribution >= 0.6 is 11.3 Å². The molecule has 1 heterocycles. The molecule has 0 amide bonds. The molecule has 2 heteroatoms. The lowest BCUT2D eigenvalue weighted by atomic mass is 10.0. The quantitative estimate of drug-likeness (QED) is 0.776. The molecule has 0 aliphatic heterocycles. The SMILES string of the molecule is CCCC(NCCc1cccs1)c1ccccc1. The molecule has 0 spiro atoms. The molecule has 1 aromatic heterocycles. The van der Waals surface area contributed by atoms with Crippen molar-refractivity contribution in [2.24, 2.45) is 0 Å². The van der Waals surface area contributed by atoms with Gasteiger partial charge in [-0.25, -0.2) is 0 Å². The van der Waals surface area contributed by atoms with E-state index in [-0.39, 0.29) is 0 Å². The van der Waals surface area contributed by atoms with Crippen LogP contribution in [0, 0.1) is 0 Å². The molecule has 1 unspecified atom stereocenters. The van der Waals surface area contributed by atoms with Crippen molar-refractivity contribution in [3.05, 3.63) is 58.3 Å². The monoisotopic (exact) mass is 259 g/mol. The highest BCUT2D eigenvalue weighted by atomic mass is 32.1. The molecule has 0 aliphatic rings. The Labute approximate surface area is 114 Å². The number of rotatable bonds is 7. The second-order valence-electron chi connectivity index (χ2n) is 4.54. The summed E-state index contributed by atoms with van der Waals surface area (Å²) in [6.07, 6.45) is 3.55. The summed E-state index contributed by atoms with van der Waals surface area (Å²) in [6, 6.07) is 15.6. The van der Waals surface area contributed by atoms with E-state index in [1.165, 1.54) is 23.3 Å². The Bertz CT molecular complexity index is 422. The highest BCUT2D eigenvalue weighted by Gasteiger charge is 2.08. The van der Waals surface area contributed by atoms with Gasteiger partial charge in [-0.05, 0) is 29.9 Å². The average Bonchev–Trinajstić information content (AvgIpc) is 2.92. The molecule has 1 aromatic carbocycles. The molecule has 2 rings (SSSR count). The van der Waals surface area contributed by atoms with Gasteiger partial charge in [-0.3, -0.25) is 0 Å². The highest BCUT2D eigenvalue weighted by molar-refractivity contribution is 7.09. The van der Waals surface area contributed by atoms with Gasteiger partial charge < -0.3 is 5.32 Å². The van der Waals surface area contributed by atoms with Gasteiger partial charge in [0, 0.05) is 17.5 Å². The van der Waals surface area contributed by atoms with Crippen LogP contribution in [0.15, 0.2) is 47.8 Å². The zero-order valence-electron chi connectivity index (χ0n) is 10.9. The molecular weight excluding hydrogens is 238 g/mol. The lowest BCUT2D eigenvalue weighted by Crippen LogP contribution is -2.23. The Morgan fingerprint density at radius 2 is 1.94 bits per heavy atom. The van der Waals surface area contributed by atoms with Crippen LogP contribution < -0.4 is 5.32 Å². The van der Waals surface area contributed by atoms with Crippen LogP contribution in [0.25, 0.3) is 0 Å². The molecule has 18 heavy (non-hydrogen) atoms. The Hall–Kier alpha value is -1.12. The van der Waals surface area contributed by atoms with Gasteiger partial charge >= 0.3 is 0 Å². The first-order chi connectivity index (χ1) is 8.90. The molecule has 0 saturated heterocycles. The zero-order chi connectivity index (χ0) is 12.6. The van der Waals surface area contributed by atoms with Gasteiger partial charge in [-0.15, -0.1) is 11.3 Å². The topological polar surface area (TPSA) is 12.0 Å². The minimum absolute atomic E-state index is 0.496. The summed E-state index contributed by atoms with van der Waals surface area (Å²) in [5, 5.41) is 5.83. The smallest absolute Gasteiger partial charge is 0.0320 e. The normalized spacial score (nSPS) is 12.5. The van der Waals surface area contributed by atoms with Crippen molar-refractivity contribution >= 4 is 11.3 Å². The maximum absolute atomic E-state index is 3.68. The molecule has 0 aliphatic carbocycles. The molecule has 1 N–H and O–H groups in total. The van der Waals surface area contributed by atoms with E-state index < -0.39 is 0 Å². The van der Waals surface area contributed by atoms with Crippen LogP contribution in [0.2, 0.25) is 0 Å². The van der Waals surface area contributed by atoms with Gasteiger partial charge in [0.05, 0.1) is 0 Å². The van der Waals surface area contributed by atoms with Gasteiger partial charge in [0.1, 0.15) is 0 Å². The summed E-state index contributed by atoms with van der Waals surface area (Å²) >= 11 is 1.84. The first-order valence-electron chi connectivity index (χ1n) is 6.71. The van der Waals surface area contributed by atoms with E-state index in [9.17, 15) is 0 Å². The van der Waals surface area contributed by atoms with E-state index in [0.717, 1.165) is 13.0 Å². The van der Waals surface area contributed by atoms with Crippen molar-refractivity contribution < 1.29 is 0 Å². The zero-order valence-corrected chi connectivity index (χ0v) is 11.7. The van der Waals surface area contributed by atoms with Crippen LogP contribution in [0.1, 0.15) is 36.2 Å². The molecule has 96 valence electrons. The van der Waals surface area contributed by atoms with E-state index in [1.54, 1.807) is 0 Å². The van der Waals surface area contributed by atoms with E-state index in [2.05, 4.69) is 60.1 Å². The minimum atomic E-state index is 0.496. The first kappa shape index (κ1) is 13.3. The van der Waals surface area contributed by atoms with Crippen LogP contribution in [0.5, 0.6) is 0 Å². The third-order valence-electron chi connectivity index (χ3n) is 3.12. The third-order valence-corrected chi connectivity index (χ3v) is 4.06. The fourth-order valence-corrected chi connectivity index (χ4v) is 2.89. The van der Waals surface area contributed by atoms with Crippen LogP contribution in [0.3, 0.4) is 0 Å². The van der Waals surface area contributed by atoms with Gasteiger partial charge in [0.15, 0.2) is 0 Å². The molecule has 1 nitrogen and oxygen atoms in total. The molecule has 2 aromatic rings. The van der Waals surface area contributed by atoms with E-state index in [0.29, 0.717) is 6.04 Å². The Morgan fingerprint density at radius 1 is 1.11 bits per heavy atom. The molecule has 0 fully saturated rings.